The number of nitrogens with zero attached hydrogens (tertiary/aromatic N) is 4. The first kappa shape index (κ1) is 20.0. The van der Waals surface area contributed by atoms with Crippen molar-refractivity contribution < 1.29 is 4.92 Å². The summed E-state index contributed by atoms with van der Waals surface area (Å²) in [5.41, 5.74) is 2.71. The van der Waals surface area contributed by atoms with Crippen LogP contribution in [-0.4, -0.2) is 31.0 Å². The molecule has 1 aromatic carbocycles. The molecule has 1 N–H and O–H groups in total. The van der Waals surface area contributed by atoms with Gasteiger partial charge in [-0.2, -0.15) is 0 Å². The molecule has 1 aliphatic heterocycles. The fourth-order valence-electron chi connectivity index (χ4n) is 3.94. The van der Waals surface area contributed by atoms with Crippen molar-refractivity contribution in [1.82, 2.24) is 19.8 Å². The van der Waals surface area contributed by atoms with E-state index in [1.54, 1.807) is 18.3 Å². The van der Waals surface area contributed by atoms with Gasteiger partial charge in [-0.3, -0.25) is 15.1 Å². The lowest BCUT2D eigenvalue weighted by molar-refractivity contribution is -0.384. The van der Waals surface area contributed by atoms with E-state index in [1.807, 2.05) is 47.2 Å². The normalized spacial score (nSPS) is 18.6. The van der Waals surface area contributed by atoms with Crippen molar-refractivity contribution in [2.75, 3.05) is 6.54 Å². The second-order valence-corrected chi connectivity index (χ2v) is 8.14. The Morgan fingerprint density at radius 1 is 1.20 bits per heavy atom. The van der Waals surface area contributed by atoms with Crippen LogP contribution in [0, 0.1) is 16.0 Å². The molecule has 0 spiro atoms. The summed E-state index contributed by atoms with van der Waals surface area (Å²) in [5.74, 6) is 0.413. The predicted molar refractivity (Wildman–Crippen MR) is 119 cm³/mol. The van der Waals surface area contributed by atoms with Gasteiger partial charge in [-0.1, -0.05) is 26.0 Å². The van der Waals surface area contributed by atoms with Crippen LogP contribution in [0.15, 0.2) is 67.0 Å². The number of thiocarbonyl (C=S) groups is 1. The molecule has 2 aromatic heterocycles. The fraction of sp³-hybridized carbons (Fsp3) is 0.273. The monoisotopic (exact) mass is 421 g/mol. The fourth-order valence-corrected chi connectivity index (χ4v) is 4.26. The van der Waals surface area contributed by atoms with Gasteiger partial charge in [0.1, 0.15) is 0 Å². The zero-order valence-electron chi connectivity index (χ0n) is 16.8. The molecule has 3 heterocycles. The highest BCUT2D eigenvalue weighted by Crippen LogP contribution is 2.40. The van der Waals surface area contributed by atoms with E-state index in [9.17, 15) is 10.1 Å². The van der Waals surface area contributed by atoms with Crippen molar-refractivity contribution >= 4 is 23.0 Å². The van der Waals surface area contributed by atoms with Gasteiger partial charge in [0.15, 0.2) is 5.11 Å². The van der Waals surface area contributed by atoms with Gasteiger partial charge in [0.05, 0.1) is 28.4 Å². The molecule has 1 fully saturated rings. The Kier molecular flexibility index (Phi) is 5.50. The van der Waals surface area contributed by atoms with Crippen LogP contribution in [0.25, 0.3) is 5.69 Å². The van der Waals surface area contributed by atoms with Crippen molar-refractivity contribution in [2.24, 2.45) is 5.92 Å². The highest BCUT2D eigenvalue weighted by Gasteiger charge is 2.41. The molecule has 0 saturated carbocycles. The topological polar surface area (TPSA) is 76.2 Å². The number of pyridine rings is 1. The lowest BCUT2D eigenvalue weighted by Gasteiger charge is -2.30. The SMILES string of the molecule is CC(C)CN1C(=S)NC(c2ccccn2)C1c1cccn1-c1cccc([N+](=O)[O-])c1. The van der Waals surface area contributed by atoms with E-state index in [-0.39, 0.29) is 22.7 Å². The van der Waals surface area contributed by atoms with E-state index in [0.29, 0.717) is 11.0 Å². The Balaban J connectivity index is 1.81. The predicted octanol–water partition coefficient (Wildman–Crippen LogP) is 4.41. The number of nitro groups is 1. The second-order valence-electron chi connectivity index (χ2n) is 7.75. The quantitative estimate of drug-likeness (QED) is 0.361. The molecular weight excluding hydrogens is 398 g/mol. The summed E-state index contributed by atoms with van der Waals surface area (Å²) < 4.78 is 2.00. The number of hydrogen-bond donors (Lipinski definition) is 1. The number of benzene rings is 1. The summed E-state index contributed by atoms with van der Waals surface area (Å²) in [6, 6.07) is 16.3. The van der Waals surface area contributed by atoms with Crippen LogP contribution in [-0.2, 0) is 0 Å². The van der Waals surface area contributed by atoms with E-state index in [0.717, 1.165) is 23.6 Å². The average molecular weight is 422 g/mol. The van der Waals surface area contributed by atoms with Gasteiger partial charge in [-0.05, 0) is 48.5 Å². The van der Waals surface area contributed by atoms with Crippen LogP contribution in [0.3, 0.4) is 0 Å². The molecule has 3 aromatic rings. The number of rotatable bonds is 6. The third kappa shape index (κ3) is 3.78. The summed E-state index contributed by atoms with van der Waals surface area (Å²) in [6.07, 6.45) is 3.71. The first-order valence-corrected chi connectivity index (χ1v) is 10.3. The molecule has 154 valence electrons. The first-order chi connectivity index (χ1) is 14.5. The molecule has 0 aliphatic carbocycles. The number of nitrogens with one attached hydrogen (secondary N) is 1. The Labute approximate surface area is 180 Å². The molecule has 1 aliphatic rings. The number of nitro benzene ring substituents is 1. The molecule has 4 rings (SSSR count). The zero-order valence-corrected chi connectivity index (χ0v) is 17.6. The maximum atomic E-state index is 11.3. The van der Waals surface area contributed by atoms with Crippen LogP contribution in [0.2, 0.25) is 0 Å². The molecule has 30 heavy (non-hydrogen) atoms. The van der Waals surface area contributed by atoms with E-state index < -0.39 is 0 Å². The summed E-state index contributed by atoms with van der Waals surface area (Å²) in [4.78, 5) is 17.7. The largest absolute Gasteiger partial charge is 0.352 e. The van der Waals surface area contributed by atoms with Gasteiger partial charge >= 0.3 is 0 Å². The summed E-state index contributed by atoms with van der Waals surface area (Å²) >= 11 is 5.69. The third-order valence-electron chi connectivity index (χ3n) is 5.16. The minimum atomic E-state index is -0.374. The van der Waals surface area contributed by atoms with Crippen LogP contribution in [0.1, 0.15) is 37.3 Å². The summed E-state index contributed by atoms with van der Waals surface area (Å²) in [7, 11) is 0. The molecule has 8 heteroatoms. The maximum Gasteiger partial charge on any atom is 0.271 e. The lowest BCUT2D eigenvalue weighted by atomic mass is 10.0. The molecule has 7 nitrogen and oxygen atoms in total. The lowest BCUT2D eigenvalue weighted by Crippen LogP contribution is -2.33. The average Bonchev–Trinajstić information content (AvgIpc) is 3.33. The van der Waals surface area contributed by atoms with Gasteiger partial charge in [0.25, 0.3) is 5.69 Å². The highest BCUT2D eigenvalue weighted by atomic mass is 32.1. The molecule has 0 radical (unpaired) electrons. The number of aromatic nitrogens is 2. The first-order valence-electron chi connectivity index (χ1n) is 9.86. The molecular formula is C22H23N5O2S. The minimum absolute atomic E-state index is 0.0625. The van der Waals surface area contributed by atoms with Crippen LogP contribution in [0.5, 0.6) is 0 Å². The molecule has 2 unspecified atom stereocenters. The van der Waals surface area contributed by atoms with E-state index in [2.05, 4.69) is 29.0 Å². The Hall–Kier alpha value is -3.26. The molecule has 2 atom stereocenters. The molecule has 0 bridgehead atoms. The van der Waals surface area contributed by atoms with Gasteiger partial charge in [0.2, 0.25) is 0 Å². The van der Waals surface area contributed by atoms with Crippen LogP contribution < -0.4 is 5.32 Å². The van der Waals surface area contributed by atoms with Crippen molar-refractivity contribution in [3.05, 3.63) is 88.5 Å². The third-order valence-corrected chi connectivity index (χ3v) is 5.51. The van der Waals surface area contributed by atoms with Gasteiger partial charge in [-0.25, -0.2) is 0 Å². The number of hydrogen-bond acceptors (Lipinski definition) is 4. The standard InChI is InChI=1S/C22H23N5O2S/c1-15(2)14-26-21(20(24-22(26)30)18-9-3-4-11-23-18)19-10-6-12-25(19)16-7-5-8-17(13-16)27(28)29/h3-13,15,20-21H,14H2,1-2H3,(H,24,30). The number of non-ortho nitro benzene ring substituents is 1. The smallest absolute Gasteiger partial charge is 0.271 e. The Bertz CT molecular complexity index is 1070. The van der Waals surface area contributed by atoms with Gasteiger partial charge in [0, 0.05) is 36.8 Å². The Morgan fingerprint density at radius 3 is 2.73 bits per heavy atom. The second kappa shape index (κ2) is 8.23. The molecule has 0 amide bonds. The minimum Gasteiger partial charge on any atom is -0.352 e. The van der Waals surface area contributed by atoms with Crippen LogP contribution >= 0.6 is 12.2 Å². The van der Waals surface area contributed by atoms with Crippen molar-refractivity contribution in [1.29, 1.82) is 0 Å². The highest BCUT2D eigenvalue weighted by molar-refractivity contribution is 7.80. The van der Waals surface area contributed by atoms with E-state index in [4.69, 9.17) is 12.2 Å². The molecule has 1 saturated heterocycles. The van der Waals surface area contributed by atoms with Crippen LogP contribution in [0.4, 0.5) is 5.69 Å². The van der Waals surface area contributed by atoms with E-state index >= 15 is 0 Å². The maximum absolute atomic E-state index is 11.3. The summed E-state index contributed by atoms with van der Waals surface area (Å²) in [6.45, 7) is 5.11. The van der Waals surface area contributed by atoms with Gasteiger partial charge < -0.3 is 14.8 Å². The summed E-state index contributed by atoms with van der Waals surface area (Å²) in [5, 5.41) is 15.4. The van der Waals surface area contributed by atoms with Crippen molar-refractivity contribution in [2.45, 2.75) is 25.9 Å². The van der Waals surface area contributed by atoms with Crippen molar-refractivity contribution in [3.8, 4) is 5.69 Å². The van der Waals surface area contributed by atoms with Gasteiger partial charge in [-0.15, -0.1) is 0 Å². The zero-order chi connectivity index (χ0) is 21.3. The van der Waals surface area contributed by atoms with Crippen molar-refractivity contribution in [3.63, 3.8) is 0 Å². The van der Waals surface area contributed by atoms with E-state index in [1.165, 1.54) is 6.07 Å². The Morgan fingerprint density at radius 2 is 2.03 bits per heavy atom.